The number of rotatable bonds is 4. The average molecular weight is 355 g/mol. The number of carbonyl (C=O) groups is 3. The fourth-order valence-corrected chi connectivity index (χ4v) is 3.02. The zero-order valence-electron chi connectivity index (χ0n) is 13.1. The highest BCUT2D eigenvalue weighted by atomic mass is 32.2. The average Bonchev–Trinajstić information content (AvgIpc) is 2.91. The molecular formula is C14H17N3O6S. The van der Waals surface area contributed by atoms with E-state index in [0.29, 0.717) is 12.1 Å². The molecule has 1 aliphatic rings. The Labute approximate surface area is 138 Å². The maximum atomic E-state index is 12.1. The number of nitrogens with one attached hydrogen (secondary N) is 1. The van der Waals surface area contributed by atoms with Gasteiger partial charge in [-0.05, 0) is 31.5 Å². The standard InChI is InChI=1S/C14H17N3O6S/c1-8-3-4-10(7-11(8)24(15,21)22)13(19)23-9(2)12(18)17-6-5-16-14(17)20/h3-4,7,9H,5-6H2,1-2H3,(H,16,20)(H2,15,21,22). The van der Waals surface area contributed by atoms with Crippen LogP contribution in [0.25, 0.3) is 0 Å². The third-order valence-corrected chi connectivity index (χ3v) is 4.54. The lowest BCUT2D eigenvalue weighted by atomic mass is 10.1. The van der Waals surface area contributed by atoms with Crippen LogP contribution in [-0.2, 0) is 19.6 Å². The highest BCUT2D eigenvalue weighted by Crippen LogP contribution is 2.17. The first-order chi connectivity index (χ1) is 11.1. The lowest BCUT2D eigenvalue weighted by Gasteiger charge is -2.18. The van der Waals surface area contributed by atoms with Crippen molar-refractivity contribution >= 4 is 27.9 Å². The van der Waals surface area contributed by atoms with Crippen molar-refractivity contribution in [2.75, 3.05) is 13.1 Å². The van der Waals surface area contributed by atoms with Crippen LogP contribution >= 0.6 is 0 Å². The number of aryl methyl sites for hydroxylation is 1. The number of hydrogen-bond donors (Lipinski definition) is 2. The number of esters is 1. The zero-order chi connectivity index (χ0) is 18.1. The van der Waals surface area contributed by atoms with Gasteiger partial charge in [-0.15, -0.1) is 0 Å². The molecule has 130 valence electrons. The van der Waals surface area contributed by atoms with Gasteiger partial charge in [-0.3, -0.25) is 9.69 Å². The van der Waals surface area contributed by atoms with Crippen LogP contribution in [0.2, 0.25) is 0 Å². The fraction of sp³-hybridized carbons (Fsp3) is 0.357. The van der Waals surface area contributed by atoms with Gasteiger partial charge in [0.05, 0.1) is 10.5 Å². The first-order valence-corrected chi connectivity index (χ1v) is 8.59. The van der Waals surface area contributed by atoms with E-state index in [4.69, 9.17) is 9.88 Å². The van der Waals surface area contributed by atoms with Crippen LogP contribution < -0.4 is 10.5 Å². The van der Waals surface area contributed by atoms with Crippen LogP contribution in [0.3, 0.4) is 0 Å². The molecule has 9 nitrogen and oxygen atoms in total. The van der Waals surface area contributed by atoms with Gasteiger partial charge in [0.25, 0.3) is 5.91 Å². The summed E-state index contributed by atoms with van der Waals surface area (Å²) >= 11 is 0. The third-order valence-electron chi connectivity index (χ3n) is 3.48. The first-order valence-electron chi connectivity index (χ1n) is 7.05. The number of imide groups is 1. The van der Waals surface area contributed by atoms with Gasteiger partial charge in [0.15, 0.2) is 6.10 Å². The summed E-state index contributed by atoms with van der Waals surface area (Å²) in [7, 11) is -3.99. The predicted molar refractivity (Wildman–Crippen MR) is 82.5 cm³/mol. The smallest absolute Gasteiger partial charge is 0.338 e. The van der Waals surface area contributed by atoms with Crippen LogP contribution in [0.5, 0.6) is 0 Å². The summed E-state index contributed by atoms with van der Waals surface area (Å²) in [5.74, 6) is -1.54. The van der Waals surface area contributed by atoms with Gasteiger partial charge in [-0.2, -0.15) is 0 Å². The molecular weight excluding hydrogens is 338 g/mol. The van der Waals surface area contributed by atoms with Gasteiger partial charge in [0.2, 0.25) is 10.0 Å². The Morgan fingerprint density at radius 3 is 2.58 bits per heavy atom. The lowest BCUT2D eigenvalue weighted by molar-refractivity contribution is -0.136. The van der Waals surface area contributed by atoms with E-state index < -0.39 is 34.0 Å². The van der Waals surface area contributed by atoms with Gasteiger partial charge in [-0.25, -0.2) is 23.1 Å². The minimum absolute atomic E-state index is 0.0600. The van der Waals surface area contributed by atoms with Crippen LogP contribution in [0, 0.1) is 6.92 Å². The molecule has 24 heavy (non-hydrogen) atoms. The Hall–Kier alpha value is -2.46. The molecule has 1 fully saturated rings. The van der Waals surface area contributed by atoms with Crippen molar-refractivity contribution in [3.05, 3.63) is 29.3 Å². The number of primary sulfonamides is 1. The van der Waals surface area contributed by atoms with Crippen LogP contribution in [0.1, 0.15) is 22.8 Å². The normalized spacial score (nSPS) is 15.8. The van der Waals surface area contributed by atoms with E-state index >= 15 is 0 Å². The quantitative estimate of drug-likeness (QED) is 0.714. The van der Waals surface area contributed by atoms with E-state index in [0.717, 1.165) is 11.0 Å². The molecule has 1 unspecified atom stereocenters. The molecule has 1 saturated heterocycles. The Bertz CT molecular complexity index is 805. The Balaban J connectivity index is 2.15. The second-order valence-corrected chi connectivity index (χ2v) is 6.82. The number of nitrogens with two attached hydrogens (primary N) is 1. The number of amides is 3. The van der Waals surface area contributed by atoms with Gasteiger partial charge in [0, 0.05) is 13.1 Å². The maximum absolute atomic E-state index is 12.1. The van der Waals surface area contributed by atoms with Crippen molar-refractivity contribution < 1.29 is 27.5 Å². The summed E-state index contributed by atoms with van der Waals surface area (Å²) in [4.78, 5) is 36.4. The minimum atomic E-state index is -3.99. The fourth-order valence-electron chi connectivity index (χ4n) is 2.21. The summed E-state index contributed by atoms with van der Waals surface area (Å²) in [6, 6.07) is 3.32. The molecule has 0 aromatic heterocycles. The zero-order valence-corrected chi connectivity index (χ0v) is 13.9. The second kappa shape index (κ2) is 6.57. The van der Waals surface area contributed by atoms with Gasteiger partial charge >= 0.3 is 12.0 Å². The SMILES string of the molecule is Cc1ccc(C(=O)OC(C)C(=O)N2CCNC2=O)cc1S(N)(=O)=O. The Kier molecular flexibility index (Phi) is 4.90. The number of hydrogen-bond acceptors (Lipinski definition) is 6. The summed E-state index contributed by atoms with van der Waals surface area (Å²) in [5, 5.41) is 7.55. The molecule has 1 heterocycles. The highest BCUT2D eigenvalue weighted by Gasteiger charge is 2.32. The summed E-state index contributed by atoms with van der Waals surface area (Å²) < 4.78 is 28.0. The molecule has 10 heteroatoms. The molecule has 0 saturated carbocycles. The molecule has 1 aromatic rings. The number of ether oxygens (including phenoxy) is 1. The van der Waals surface area contributed by atoms with Crippen LogP contribution in [-0.4, -0.2) is 50.4 Å². The van der Waals surface area contributed by atoms with Gasteiger partial charge in [-0.1, -0.05) is 6.07 Å². The van der Waals surface area contributed by atoms with E-state index in [2.05, 4.69) is 5.32 Å². The maximum Gasteiger partial charge on any atom is 0.338 e. The number of benzene rings is 1. The third kappa shape index (κ3) is 3.71. The molecule has 2 rings (SSSR count). The van der Waals surface area contributed by atoms with Crippen molar-refractivity contribution in [1.29, 1.82) is 0 Å². The molecule has 0 bridgehead atoms. The molecule has 0 radical (unpaired) electrons. The number of carbonyl (C=O) groups excluding carboxylic acids is 3. The Morgan fingerprint density at radius 2 is 2.04 bits per heavy atom. The van der Waals surface area contributed by atoms with E-state index in [1.807, 2.05) is 0 Å². The van der Waals surface area contributed by atoms with E-state index in [1.165, 1.54) is 26.0 Å². The first kappa shape index (κ1) is 17.9. The molecule has 1 atom stereocenters. The molecule has 3 amide bonds. The minimum Gasteiger partial charge on any atom is -0.449 e. The van der Waals surface area contributed by atoms with Crippen molar-refractivity contribution in [1.82, 2.24) is 10.2 Å². The van der Waals surface area contributed by atoms with Gasteiger partial charge < -0.3 is 10.1 Å². The molecule has 1 aromatic carbocycles. The summed E-state index contributed by atoms with van der Waals surface area (Å²) in [6.45, 7) is 3.40. The molecule has 0 spiro atoms. The summed E-state index contributed by atoms with van der Waals surface area (Å²) in [5.41, 5.74) is 0.321. The summed E-state index contributed by atoms with van der Waals surface area (Å²) in [6.07, 6.45) is -1.19. The van der Waals surface area contributed by atoms with E-state index in [9.17, 15) is 22.8 Å². The highest BCUT2D eigenvalue weighted by molar-refractivity contribution is 7.89. The van der Waals surface area contributed by atoms with E-state index in [-0.39, 0.29) is 17.0 Å². The van der Waals surface area contributed by atoms with Gasteiger partial charge in [0.1, 0.15) is 0 Å². The van der Waals surface area contributed by atoms with Crippen molar-refractivity contribution in [2.45, 2.75) is 24.8 Å². The Morgan fingerprint density at radius 1 is 1.38 bits per heavy atom. The van der Waals surface area contributed by atoms with E-state index in [1.54, 1.807) is 0 Å². The molecule has 1 aliphatic heterocycles. The predicted octanol–water partition coefficient (Wildman–Crippen LogP) is -0.260. The number of sulfonamides is 1. The monoisotopic (exact) mass is 355 g/mol. The molecule has 3 N–H and O–H groups in total. The van der Waals surface area contributed by atoms with Crippen molar-refractivity contribution in [3.63, 3.8) is 0 Å². The second-order valence-electron chi connectivity index (χ2n) is 5.29. The van der Waals surface area contributed by atoms with Crippen LogP contribution in [0.15, 0.2) is 23.1 Å². The largest absolute Gasteiger partial charge is 0.449 e. The topological polar surface area (TPSA) is 136 Å². The van der Waals surface area contributed by atoms with Crippen molar-refractivity contribution in [2.24, 2.45) is 5.14 Å². The number of nitrogens with zero attached hydrogens (tertiary/aromatic N) is 1. The van der Waals surface area contributed by atoms with Crippen molar-refractivity contribution in [3.8, 4) is 0 Å². The van der Waals surface area contributed by atoms with Crippen LogP contribution in [0.4, 0.5) is 4.79 Å². The number of urea groups is 1. The molecule has 0 aliphatic carbocycles. The lowest BCUT2D eigenvalue weighted by Crippen LogP contribution is -2.41.